The molecule has 0 bridgehead atoms. The molecule has 0 fully saturated rings. The molecule has 0 heterocycles. The zero-order chi connectivity index (χ0) is 22.5. The van der Waals surface area contributed by atoms with Gasteiger partial charge in [0.25, 0.3) is 0 Å². The van der Waals surface area contributed by atoms with Crippen LogP contribution in [0.5, 0.6) is 0 Å². The van der Waals surface area contributed by atoms with Crippen LogP contribution in [0.25, 0.3) is 0 Å². The molecule has 0 aliphatic carbocycles. The summed E-state index contributed by atoms with van der Waals surface area (Å²) in [5.41, 5.74) is 0. The van der Waals surface area contributed by atoms with Crippen molar-refractivity contribution >= 4 is 37.1 Å². The SMILES string of the molecule is Fc1cc(F)cc(P(CCP(c2ccccc2)c2ccccc2)c2cc(F)cc(F)c2)c1. The lowest BCUT2D eigenvalue weighted by atomic mass is 10.3. The molecule has 32 heavy (non-hydrogen) atoms. The molecular formula is C26H20F4P2. The summed E-state index contributed by atoms with van der Waals surface area (Å²) in [6, 6.07) is 26.9. The standard InChI is InChI=1S/C26H20F4P2/c27-19-13-20(28)16-25(15-19)32(26-17-21(29)14-22(30)18-26)12-11-31(23-7-3-1-4-8-23)24-9-5-2-6-10-24/h1-10,13-18H,11-12H2. The average molecular weight is 470 g/mol. The predicted molar refractivity (Wildman–Crippen MR) is 128 cm³/mol. The highest BCUT2D eigenvalue weighted by molar-refractivity contribution is 7.76. The van der Waals surface area contributed by atoms with E-state index >= 15 is 0 Å². The first-order valence-corrected chi connectivity index (χ1v) is 13.1. The van der Waals surface area contributed by atoms with Gasteiger partial charge in [0, 0.05) is 12.1 Å². The third-order valence-electron chi connectivity index (χ3n) is 5.00. The number of benzene rings is 4. The zero-order valence-electron chi connectivity index (χ0n) is 17.1. The fourth-order valence-corrected chi connectivity index (χ4v) is 9.03. The smallest absolute Gasteiger partial charge is 0.126 e. The van der Waals surface area contributed by atoms with Gasteiger partial charge in [0.1, 0.15) is 23.3 Å². The lowest BCUT2D eigenvalue weighted by Gasteiger charge is -2.24. The van der Waals surface area contributed by atoms with Crippen molar-refractivity contribution in [3.8, 4) is 0 Å². The van der Waals surface area contributed by atoms with Gasteiger partial charge in [0.05, 0.1) is 0 Å². The van der Waals surface area contributed by atoms with Gasteiger partial charge in [-0.3, -0.25) is 0 Å². The van der Waals surface area contributed by atoms with Crippen LogP contribution in [0.3, 0.4) is 0 Å². The summed E-state index contributed by atoms with van der Waals surface area (Å²) in [4.78, 5) is 0. The number of rotatable bonds is 7. The Bertz CT molecular complexity index is 1050. The van der Waals surface area contributed by atoms with Crippen LogP contribution < -0.4 is 21.2 Å². The predicted octanol–water partition coefficient (Wildman–Crippen LogP) is 5.81. The van der Waals surface area contributed by atoms with E-state index in [1.807, 2.05) is 36.4 Å². The minimum atomic E-state index is -1.37. The van der Waals surface area contributed by atoms with Crippen molar-refractivity contribution in [3.63, 3.8) is 0 Å². The number of hydrogen-bond donors (Lipinski definition) is 0. The van der Waals surface area contributed by atoms with E-state index in [-0.39, 0.29) is 0 Å². The Labute approximate surface area is 187 Å². The highest BCUT2D eigenvalue weighted by atomic mass is 31.1. The summed E-state index contributed by atoms with van der Waals surface area (Å²) in [5.74, 6) is -2.79. The average Bonchev–Trinajstić information content (AvgIpc) is 2.76. The van der Waals surface area contributed by atoms with Crippen LogP contribution in [0.15, 0.2) is 97.1 Å². The van der Waals surface area contributed by atoms with Crippen molar-refractivity contribution in [2.45, 2.75) is 0 Å². The molecule has 0 radical (unpaired) electrons. The molecule has 162 valence electrons. The Kier molecular flexibility index (Phi) is 7.35. The van der Waals surface area contributed by atoms with Crippen molar-refractivity contribution in [2.75, 3.05) is 12.3 Å². The summed E-state index contributed by atoms with van der Waals surface area (Å²) in [6.45, 7) is 0. The van der Waals surface area contributed by atoms with E-state index in [4.69, 9.17) is 0 Å². The third kappa shape index (κ3) is 5.63. The Balaban J connectivity index is 1.72. The van der Waals surface area contributed by atoms with Gasteiger partial charge in [-0.05, 0) is 73.7 Å². The molecule has 0 saturated carbocycles. The number of hydrogen-bond acceptors (Lipinski definition) is 0. The van der Waals surface area contributed by atoms with Gasteiger partial charge in [-0.2, -0.15) is 0 Å². The second-order valence-corrected chi connectivity index (χ2v) is 11.9. The molecule has 4 rings (SSSR count). The number of halogens is 4. The van der Waals surface area contributed by atoms with Gasteiger partial charge in [-0.15, -0.1) is 0 Å². The van der Waals surface area contributed by atoms with Crippen LogP contribution in [-0.4, -0.2) is 12.3 Å². The zero-order valence-corrected chi connectivity index (χ0v) is 18.8. The maximum Gasteiger partial charge on any atom is 0.126 e. The molecule has 0 aromatic heterocycles. The van der Waals surface area contributed by atoms with E-state index in [0.717, 1.165) is 12.1 Å². The minimum absolute atomic E-state index is 0.429. The van der Waals surface area contributed by atoms with Gasteiger partial charge >= 0.3 is 0 Å². The molecule has 6 heteroatoms. The monoisotopic (exact) mass is 470 g/mol. The Morgan fingerprint density at radius 3 is 1.06 bits per heavy atom. The Morgan fingerprint density at radius 2 is 0.719 bits per heavy atom. The molecule has 4 aromatic carbocycles. The first-order chi connectivity index (χ1) is 15.5. The van der Waals surface area contributed by atoms with Crippen molar-refractivity contribution in [1.82, 2.24) is 0 Å². The molecule has 0 aliphatic rings. The maximum atomic E-state index is 14.0. The molecule has 0 atom stereocenters. The molecule has 0 N–H and O–H groups in total. The lowest BCUT2D eigenvalue weighted by Crippen LogP contribution is -2.21. The maximum absolute atomic E-state index is 14.0. The topological polar surface area (TPSA) is 0 Å². The second-order valence-electron chi connectivity index (χ2n) is 7.23. The summed E-state index contributed by atoms with van der Waals surface area (Å²) in [7, 11) is -2.13. The van der Waals surface area contributed by atoms with E-state index in [1.54, 1.807) is 0 Å². The fourth-order valence-electron chi connectivity index (χ4n) is 3.62. The molecule has 0 spiro atoms. The molecule has 0 amide bonds. The van der Waals surface area contributed by atoms with Gasteiger partial charge < -0.3 is 0 Å². The first-order valence-electron chi connectivity index (χ1n) is 10.1. The van der Waals surface area contributed by atoms with Crippen LogP contribution in [0.2, 0.25) is 0 Å². The van der Waals surface area contributed by atoms with Crippen molar-refractivity contribution in [2.24, 2.45) is 0 Å². The van der Waals surface area contributed by atoms with Crippen LogP contribution >= 0.6 is 15.8 Å². The minimum Gasteiger partial charge on any atom is -0.207 e. The van der Waals surface area contributed by atoms with Crippen LogP contribution in [-0.2, 0) is 0 Å². The Hall–Kier alpha value is -2.54. The molecule has 4 aromatic rings. The van der Waals surface area contributed by atoms with Crippen LogP contribution in [0, 0.1) is 23.3 Å². The van der Waals surface area contributed by atoms with E-state index in [0.29, 0.717) is 22.9 Å². The Morgan fingerprint density at radius 1 is 0.406 bits per heavy atom. The summed E-state index contributed by atoms with van der Waals surface area (Å²) >= 11 is 0. The van der Waals surface area contributed by atoms with E-state index in [9.17, 15) is 17.6 Å². The highest BCUT2D eigenvalue weighted by Crippen LogP contribution is 2.41. The molecular weight excluding hydrogens is 450 g/mol. The van der Waals surface area contributed by atoms with Gasteiger partial charge in [0.2, 0.25) is 0 Å². The van der Waals surface area contributed by atoms with E-state index in [1.165, 1.54) is 34.9 Å². The summed E-state index contributed by atoms with van der Waals surface area (Å²) < 4.78 is 56.1. The van der Waals surface area contributed by atoms with E-state index in [2.05, 4.69) is 24.3 Å². The largest absolute Gasteiger partial charge is 0.207 e. The molecule has 0 aliphatic heterocycles. The van der Waals surface area contributed by atoms with Crippen molar-refractivity contribution in [3.05, 3.63) is 120 Å². The quantitative estimate of drug-likeness (QED) is 0.236. The normalized spacial score (nSPS) is 11.3. The third-order valence-corrected chi connectivity index (χ3v) is 10.3. The fraction of sp³-hybridized carbons (Fsp3) is 0.0769. The highest BCUT2D eigenvalue weighted by Gasteiger charge is 2.21. The van der Waals surface area contributed by atoms with Gasteiger partial charge in [-0.25, -0.2) is 17.6 Å². The van der Waals surface area contributed by atoms with Gasteiger partial charge in [-0.1, -0.05) is 60.7 Å². The molecule has 0 nitrogen and oxygen atoms in total. The van der Waals surface area contributed by atoms with Crippen LogP contribution in [0.1, 0.15) is 0 Å². The lowest BCUT2D eigenvalue weighted by molar-refractivity contribution is 0.585. The van der Waals surface area contributed by atoms with Gasteiger partial charge in [0.15, 0.2) is 0 Å². The summed E-state index contributed by atoms with van der Waals surface area (Å²) in [6.07, 6.45) is 1.25. The molecule has 0 unspecified atom stereocenters. The van der Waals surface area contributed by atoms with E-state index < -0.39 is 39.1 Å². The van der Waals surface area contributed by atoms with Crippen molar-refractivity contribution < 1.29 is 17.6 Å². The van der Waals surface area contributed by atoms with Crippen LogP contribution in [0.4, 0.5) is 17.6 Å². The molecule has 0 saturated heterocycles. The first kappa shape index (κ1) is 22.6. The van der Waals surface area contributed by atoms with Crippen molar-refractivity contribution in [1.29, 1.82) is 0 Å². The summed E-state index contributed by atoms with van der Waals surface area (Å²) in [5, 5.41) is 3.22. The second kappa shape index (κ2) is 10.4.